The number of hydrogen-bond donors (Lipinski definition) is 1. The zero-order chi connectivity index (χ0) is 21.0. The molecule has 0 saturated carbocycles. The lowest BCUT2D eigenvalue weighted by Crippen LogP contribution is -3.12. The Labute approximate surface area is 172 Å². The van der Waals surface area contributed by atoms with Gasteiger partial charge in [-0.2, -0.15) is 0 Å². The van der Waals surface area contributed by atoms with Crippen LogP contribution in [0.5, 0.6) is 5.75 Å². The molecule has 3 rings (SSSR count). The third-order valence-corrected chi connectivity index (χ3v) is 6.96. The normalized spacial score (nSPS) is 15.2. The van der Waals surface area contributed by atoms with E-state index in [2.05, 4.69) is 7.05 Å². The van der Waals surface area contributed by atoms with Crippen LogP contribution in [-0.2, 0) is 14.8 Å². The minimum Gasteiger partial charge on any atom is -0.495 e. The van der Waals surface area contributed by atoms with E-state index in [0.29, 0.717) is 24.5 Å². The van der Waals surface area contributed by atoms with Crippen molar-refractivity contribution in [1.82, 2.24) is 4.90 Å². The number of ether oxygens (including phenoxy) is 1. The molecule has 2 aromatic carbocycles. The number of piperazine rings is 1. The topological polar surface area (TPSA) is 71.4 Å². The molecule has 0 aliphatic carbocycles. The first-order chi connectivity index (χ1) is 13.8. The van der Waals surface area contributed by atoms with Gasteiger partial charge in [0, 0.05) is 0 Å². The number of methoxy groups -OCH3 is 1. The highest BCUT2D eigenvalue weighted by atomic mass is 32.2. The number of aryl methyl sites for hydroxylation is 1. The molecular formula is C21H28N3O4S+. The Hall–Kier alpha value is -2.58. The molecule has 0 unspecified atom stereocenters. The molecule has 1 heterocycles. The van der Waals surface area contributed by atoms with Crippen LogP contribution in [0.25, 0.3) is 0 Å². The molecule has 29 heavy (non-hydrogen) atoms. The average Bonchev–Trinajstić information content (AvgIpc) is 2.73. The molecule has 0 atom stereocenters. The molecule has 0 spiro atoms. The molecular weight excluding hydrogens is 390 g/mol. The van der Waals surface area contributed by atoms with Crippen LogP contribution in [0.1, 0.15) is 5.56 Å². The Morgan fingerprint density at radius 2 is 1.79 bits per heavy atom. The lowest BCUT2D eigenvalue weighted by molar-refractivity contribution is -0.883. The fourth-order valence-corrected chi connectivity index (χ4v) is 4.81. The third kappa shape index (κ3) is 4.71. The van der Waals surface area contributed by atoms with Gasteiger partial charge in [0.05, 0.1) is 50.9 Å². The minimum absolute atomic E-state index is 0.138. The van der Waals surface area contributed by atoms with Crippen LogP contribution in [0, 0.1) is 6.92 Å². The fraction of sp³-hybridized carbons (Fsp3) is 0.381. The smallest absolute Gasteiger partial charge is 0.264 e. The summed E-state index contributed by atoms with van der Waals surface area (Å²) in [4.78, 5) is 16.3. The van der Waals surface area contributed by atoms with Crippen LogP contribution in [0.3, 0.4) is 0 Å². The summed E-state index contributed by atoms with van der Waals surface area (Å²) in [5.41, 5.74) is 1.24. The molecule has 1 saturated heterocycles. The van der Waals surface area contributed by atoms with E-state index in [1.165, 1.54) is 28.4 Å². The van der Waals surface area contributed by atoms with Crippen LogP contribution >= 0.6 is 0 Å². The Morgan fingerprint density at radius 1 is 1.14 bits per heavy atom. The maximum atomic E-state index is 13.5. The van der Waals surface area contributed by atoms with Crippen molar-refractivity contribution in [3.8, 4) is 5.75 Å². The van der Waals surface area contributed by atoms with Crippen molar-refractivity contribution in [2.24, 2.45) is 0 Å². The first-order valence-corrected chi connectivity index (χ1v) is 11.1. The molecule has 8 heteroatoms. The van der Waals surface area contributed by atoms with Gasteiger partial charge < -0.3 is 14.5 Å². The van der Waals surface area contributed by atoms with E-state index in [4.69, 9.17) is 4.74 Å². The van der Waals surface area contributed by atoms with Crippen LogP contribution in [0.15, 0.2) is 53.4 Å². The molecule has 156 valence electrons. The van der Waals surface area contributed by atoms with Gasteiger partial charge in [-0.3, -0.25) is 9.10 Å². The van der Waals surface area contributed by atoms with Crippen LogP contribution in [-0.4, -0.2) is 66.1 Å². The van der Waals surface area contributed by atoms with Crippen molar-refractivity contribution in [2.75, 3.05) is 51.2 Å². The fourth-order valence-electron chi connectivity index (χ4n) is 3.37. The predicted molar refractivity (Wildman–Crippen MR) is 112 cm³/mol. The lowest BCUT2D eigenvalue weighted by Gasteiger charge is -2.32. The molecule has 1 aliphatic heterocycles. The largest absolute Gasteiger partial charge is 0.495 e. The number of quaternary nitrogens is 1. The van der Waals surface area contributed by atoms with Crippen molar-refractivity contribution in [1.29, 1.82) is 0 Å². The SMILES string of the molecule is COc1ccc(C)cc1N(CC(=O)N1CC[NH+](C)CC1)S(=O)(=O)c1ccccc1. The van der Waals surface area contributed by atoms with E-state index in [0.717, 1.165) is 18.7 Å². The number of likely N-dealkylation sites (N-methyl/N-ethyl adjacent to an activating group) is 1. The second-order valence-corrected chi connectivity index (χ2v) is 9.20. The number of rotatable bonds is 6. The maximum Gasteiger partial charge on any atom is 0.264 e. The summed E-state index contributed by atoms with van der Waals surface area (Å²) in [6.07, 6.45) is 0. The monoisotopic (exact) mass is 418 g/mol. The van der Waals surface area contributed by atoms with Gasteiger partial charge in [0.1, 0.15) is 12.3 Å². The van der Waals surface area contributed by atoms with Gasteiger partial charge in [0.2, 0.25) is 5.91 Å². The number of nitrogens with one attached hydrogen (secondary N) is 1. The first kappa shape index (κ1) is 21.1. The Morgan fingerprint density at radius 3 is 2.41 bits per heavy atom. The molecule has 0 bridgehead atoms. The number of anilines is 1. The Kier molecular flexibility index (Phi) is 6.44. The van der Waals surface area contributed by atoms with Gasteiger partial charge in [-0.1, -0.05) is 24.3 Å². The number of nitrogens with zero attached hydrogens (tertiary/aromatic N) is 2. The van der Waals surface area contributed by atoms with Crippen LogP contribution in [0.2, 0.25) is 0 Å². The second kappa shape index (κ2) is 8.84. The highest BCUT2D eigenvalue weighted by Crippen LogP contribution is 2.33. The molecule has 1 aliphatic rings. The zero-order valence-corrected chi connectivity index (χ0v) is 17.9. The van der Waals surface area contributed by atoms with Gasteiger partial charge in [-0.25, -0.2) is 8.42 Å². The second-order valence-electron chi connectivity index (χ2n) is 7.34. The number of benzene rings is 2. The van der Waals surface area contributed by atoms with E-state index in [1.807, 2.05) is 13.0 Å². The van der Waals surface area contributed by atoms with Crippen molar-refractivity contribution in [3.05, 3.63) is 54.1 Å². The molecule has 1 fully saturated rings. The van der Waals surface area contributed by atoms with Crippen molar-refractivity contribution < 1.29 is 22.8 Å². The summed E-state index contributed by atoms with van der Waals surface area (Å²) in [6, 6.07) is 13.5. The molecule has 2 aromatic rings. The summed E-state index contributed by atoms with van der Waals surface area (Å²) in [5, 5.41) is 0. The molecule has 1 N–H and O–H groups in total. The van der Waals surface area contributed by atoms with Gasteiger partial charge in [-0.15, -0.1) is 0 Å². The number of sulfonamides is 1. The van der Waals surface area contributed by atoms with Crippen LogP contribution < -0.4 is 13.9 Å². The number of carbonyl (C=O) groups excluding carboxylic acids is 1. The number of amides is 1. The minimum atomic E-state index is -3.95. The highest BCUT2D eigenvalue weighted by molar-refractivity contribution is 7.92. The van der Waals surface area contributed by atoms with Crippen LogP contribution in [0.4, 0.5) is 5.69 Å². The summed E-state index contributed by atoms with van der Waals surface area (Å²) in [7, 11) is -0.366. The van der Waals surface area contributed by atoms with Crippen molar-refractivity contribution >= 4 is 21.6 Å². The van der Waals surface area contributed by atoms with E-state index in [1.54, 1.807) is 35.2 Å². The molecule has 7 nitrogen and oxygen atoms in total. The molecule has 1 amide bonds. The summed E-state index contributed by atoms with van der Waals surface area (Å²) >= 11 is 0. The molecule has 0 radical (unpaired) electrons. The van der Waals surface area contributed by atoms with Crippen molar-refractivity contribution in [2.45, 2.75) is 11.8 Å². The predicted octanol–water partition coefficient (Wildman–Crippen LogP) is 0.556. The number of carbonyl (C=O) groups is 1. The van der Waals surface area contributed by atoms with Gasteiger partial charge in [0.25, 0.3) is 10.0 Å². The Bertz CT molecular complexity index is 955. The van der Waals surface area contributed by atoms with E-state index < -0.39 is 10.0 Å². The third-order valence-electron chi connectivity index (χ3n) is 5.18. The van der Waals surface area contributed by atoms with Gasteiger partial charge >= 0.3 is 0 Å². The van der Waals surface area contributed by atoms with Crippen molar-refractivity contribution in [3.63, 3.8) is 0 Å². The maximum absolute atomic E-state index is 13.5. The number of hydrogen-bond acceptors (Lipinski definition) is 4. The lowest BCUT2D eigenvalue weighted by atomic mass is 10.2. The standard InChI is InChI=1S/C21H27N3O4S/c1-17-9-10-20(28-3)19(15-17)24(29(26,27)18-7-5-4-6-8-18)16-21(25)23-13-11-22(2)12-14-23/h4-10,15H,11-14,16H2,1-3H3/p+1. The van der Waals surface area contributed by atoms with E-state index >= 15 is 0 Å². The van der Waals surface area contributed by atoms with E-state index in [-0.39, 0.29) is 17.3 Å². The quantitative estimate of drug-likeness (QED) is 0.744. The molecule has 0 aromatic heterocycles. The highest BCUT2D eigenvalue weighted by Gasteiger charge is 2.32. The van der Waals surface area contributed by atoms with Gasteiger partial charge in [0.15, 0.2) is 0 Å². The Balaban J connectivity index is 2.01. The zero-order valence-electron chi connectivity index (χ0n) is 17.1. The van der Waals surface area contributed by atoms with Gasteiger partial charge in [-0.05, 0) is 36.8 Å². The average molecular weight is 419 g/mol. The summed E-state index contributed by atoms with van der Waals surface area (Å²) in [5.74, 6) is 0.200. The summed E-state index contributed by atoms with van der Waals surface area (Å²) < 4.78 is 33.5. The summed E-state index contributed by atoms with van der Waals surface area (Å²) in [6.45, 7) is 4.55. The van der Waals surface area contributed by atoms with E-state index in [9.17, 15) is 13.2 Å². The first-order valence-electron chi connectivity index (χ1n) is 9.64.